The Bertz CT molecular complexity index is 393. The van der Waals surface area contributed by atoms with Crippen molar-refractivity contribution in [2.24, 2.45) is 11.7 Å². The van der Waals surface area contributed by atoms with Crippen LogP contribution in [-0.2, 0) is 0 Å². The van der Waals surface area contributed by atoms with Gasteiger partial charge in [-0.2, -0.15) is 0 Å². The maximum absolute atomic E-state index is 13.8. The van der Waals surface area contributed by atoms with Gasteiger partial charge in [0.05, 0.1) is 0 Å². The van der Waals surface area contributed by atoms with Gasteiger partial charge < -0.3 is 11.1 Å². The van der Waals surface area contributed by atoms with E-state index in [4.69, 9.17) is 17.3 Å². The molecule has 18 heavy (non-hydrogen) atoms. The first-order chi connectivity index (χ1) is 8.70. The fourth-order valence-corrected chi connectivity index (χ4v) is 2.34. The molecule has 0 aromatic heterocycles. The molecule has 1 atom stereocenters. The van der Waals surface area contributed by atoms with Crippen LogP contribution in [0.4, 0.5) is 4.39 Å². The maximum Gasteiger partial charge on any atom is 0.129 e. The van der Waals surface area contributed by atoms with E-state index in [1.807, 2.05) is 0 Å². The minimum absolute atomic E-state index is 0.124. The van der Waals surface area contributed by atoms with Gasteiger partial charge in [-0.25, -0.2) is 4.39 Å². The molecule has 0 aliphatic heterocycles. The van der Waals surface area contributed by atoms with Crippen LogP contribution < -0.4 is 11.1 Å². The third-order valence-corrected chi connectivity index (χ3v) is 3.69. The van der Waals surface area contributed by atoms with Crippen molar-refractivity contribution in [2.75, 3.05) is 13.1 Å². The predicted octanol–water partition coefficient (Wildman–Crippen LogP) is 3.26. The SMILES string of the molecule is NCC(NCCCC1CC1)c1ccc(Cl)cc1F. The van der Waals surface area contributed by atoms with Crippen molar-refractivity contribution in [1.82, 2.24) is 5.32 Å². The third kappa shape index (κ3) is 3.94. The normalized spacial score (nSPS) is 16.8. The Morgan fingerprint density at radius 2 is 2.22 bits per heavy atom. The Hall–Kier alpha value is -0.640. The van der Waals surface area contributed by atoms with Gasteiger partial charge >= 0.3 is 0 Å². The van der Waals surface area contributed by atoms with Gasteiger partial charge in [0.2, 0.25) is 0 Å². The quantitative estimate of drug-likeness (QED) is 0.747. The van der Waals surface area contributed by atoms with Gasteiger partial charge in [0.1, 0.15) is 5.82 Å². The Morgan fingerprint density at radius 1 is 1.44 bits per heavy atom. The van der Waals surface area contributed by atoms with E-state index in [1.165, 1.54) is 25.3 Å². The molecule has 0 amide bonds. The molecule has 0 heterocycles. The lowest BCUT2D eigenvalue weighted by atomic mass is 10.1. The van der Waals surface area contributed by atoms with Gasteiger partial charge in [-0.15, -0.1) is 0 Å². The fourth-order valence-electron chi connectivity index (χ4n) is 2.18. The second-order valence-corrected chi connectivity index (χ2v) is 5.43. The number of benzene rings is 1. The third-order valence-electron chi connectivity index (χ3n) is 3.45. The summed E-state index contributed by atoms with van der Waals surface area (Å²) in [5.41, 5.74) is 6.31. The zero-order valence-corrected chi connectivity index (χ0v) is 11.2. The molecule has 2 nitrogen and oxygen atoms in total. The number of nitrogens with one attached hydrogen (secondary N) is 1. The molecule has 3 N–H and O–H groups in total. The summed E-state index contributed by atoms with van der Waals surface area (Å²) in [6, 6.07) is 4.63. The Balaban J connectivity index is 1.85. The van der Waals surface area contributed by atoms with Crippen molar-refractivity contribution in [3.8, 4) is 0 Å². The molecule has 1 aromatic rings. The number of nitrogens with two attached hydrogens (primary N) is 1. The minimum atomic E-state index is -0.285. The summed E-state index contributed by atoms with van der Waals surface area (Å²) >= 11 is 5.74. The van der Waals surface area contributed by atoms with Crippen molar-refractivity contribution in [2.45, 2.75) is 31.7 Å². The van der Waals surface area contributed by atoms with E-state index in [1.54, 1.807) is 12.1 Å². The zero-order chi connectivity index (χ0) is 13.0. The van der Waals surface area contributed by atoms with Crippen molar-refractivity contribution >= 4 is 11.6 Å². The van der Waals surface area contributed by atoms with Crippen LogP contribution in [0.15, 0.2) is 18.2 Å². The van der Waals surface area contributed by atoms with E-state index in [0.717, 1.165) is 18.9 Å². The van der Waals surface area contributed by atoms with E-state index in [9.17, 15) is 4.39 Å². The highest BCUT2D eigenvalue weighted by Gasteiger charge is 2.20. The van der Waals surface area contributed by atoms with Crippen LogP contribution in [0.1, 0.15) is 37.3 Å². The molecular weight excluding hydrogens is 251 g/mol. The summed E-state index contributed by atoms with van der Waals surface area (Å²) in [5.74, 6) is 0.656. The molecule has 1 aliphatic carbocycles. The van der Waals surface area contributed by atoms with Crippen LogP contribution in [0.2, 0.25) is 5.02 Å². The molecule has 4 heteroatoms. The lowest BCUT2D eigenvalue weighted by molar-refractivity contribution is 0.488. The Morgan fingerprint density at radius 3 is 2.83 bits per heavy atom. The summed E-state index contributed by atoms with van der Waals surface area (Å²) in [6.45, 7) is 1.28. The highest BCUT2D eigenvalue weighted by atomic mass is 35.5. The number of hydrogen-bond acceptors (Lipinski definition) is 2. The smallest absolute Gasteiger partial charge is 0.129 e. The minimum Gasteiger partial charge on any atom is -0.329 e. The van der Waals surface area contributed by atoms with Gasteiger partial charge in [-0.3, -0.25) is 0 Å². The largest absolute Gasteiger partial charge is 0.329 e. The van der Waals surface area contributed by atoms with Gasteiger partial charge in [-0.05, 0) is 37.4 Å². The molecular formula is C14H20ClFN2. The first-order valence-electron chi connectivity index (χ1n) is 6.59. The lowest BCUT2D eigenvalue weighted by Crippen LogP contribution is -2.29. The number of halogens is 2. The second-order valence-electron chi connectivity index (χ2n) is 4.99. The van der Waals surface area contributed by atoms with Crippen molar-refractivity contribution in [1.29, 1.82) is 0 Å². The fraction of sp³-hybridized carbons (Fsp3) is 0.571. The number of hydrogen-bond donors (Lipinski definition) is 2. The molecule has 2 rings (SSSR count). The van der Waals surface area contributed by atoms with Crippen LogP contribution in [0.3, 0.4) is 0 Å². The number of rotatable bonds is 7. The Kier molecular flexibility index (Phi) is 4.98. The van der Waals surface area contributed by atoms with Crippen molar-refractivity contribution in [3.63, 3.8) is 0 Å². The van der Waals surface area contributed by atoms with Gasteiger partial charge in [-0.1, -0.05) is 30.5 Å². The van der Waals surface area contributed by atoms with E-state index >= 15 is 0 Å². The zero-order valence-electron chi connectivity index (χ0n) is 10.5. The van der Waals surface area contributed by atoms with Crippen LogP contribution in [0.25, 0.3) is 0 Å². The standard InChI is InChI=1S/C14H20ClFN2/c15-11-5-6-12(13(16)8-11)14(9-17)18-7-1-2-10-3-4-10/h5-6,8,10,14,18H,1-4,7,9,17H2. The summed E-state index contributed by atoms with van der Waals surface area (Å²) < 4.78 is 13.8. The van der Waals surface area contributed by atoms with E-state index in [-0.39, 0.29) is 11.9 Å². The molecule has 0 saturated heterocycles. The maximum atomic E-state index is 13.8. The predicted molar refractivity (Wildman–Crippen MR) is 73.2 cm³/mol. The monoisotopic (exact) mass is 270 g/mol. The van der Waals surface area contributed by atoms with Gasteiger partial charge in [0.25, 0.3) is 0 Å². The highest BCUT2D eigenvalue weighted by molar-refractivity contribution is 6.30. The average Bonchev–Trinajstić information content (AvgIpc) is 3.15. The van der Waals surface area contributed by atoms with Gasteiger partial charge in [0.15, 0.2) is 0 Å². The molecule has 1 unspecified atom stereocenters. The summed E-state index contributed by atoms with van der Waals surface area (Å²) in [5, 5.41) is 3.74. The van der Waals surface area contributed by atoms with E-state index < -0.39 is 0 Å². The van der Waals surface area contributed by atoms with E-state index in [2.05, 4.69) is 5.32 Å². The lowest BCUT2D eigenvalue weighted by Gasteiger charge is -2.18. The van der Waals surface area contributed by atoms with Crippen molar-refractivity contribution < 1.29 is 4.39 Å². The average molecular weight is 271 g/mol. The van der Waals surface area contributed by atoms with Crippen LogP contribution in [0.5, 0.6) is 0 Å². The summed E-state index contributed by atoms with van der Waals surface area (Å²) in [6.07, 6.45) is 5.17. The van der Waals surface area contributed by atoms with Crippen LogP contribution >= 0.6 is 11.6 Å². The molecule has 100 valence electrons. The topological polar surface area (TPSA) is 38.0 Å². The molecule has 1 aliphatic rings. The van der Waals surface area contributed by atoms with E-state index in [0.29, 0.717) is 17.1 Å². The Labute approximate surface area is 113 Å². The summed E-state index contributed by atoms with van der Waals surface area (Å²) in [4.78, 5) is 0. The molecule has 1 aromatic carbocycles. The van der Waals surface area contributed by atoms with Gasteiger partial charge in [0, 0.05) is 23.2 Å². The first kappa shape index (κ1) is 13.8. The first-order valence-corrected chi connectivity index (χ1v) is 6.97. The highest BCUT2D eigenvalue weighted by Crippen LogP contribution is 2.33. The second kappa shape index (κ2) is 6.50. The molecule has 1 saturated carbocycles. The molecule has 0 radical (unpaired) electrons. The van der Waals surface area contributed by atoms with Crippen molar-refractivity contribution in [3.05, 3.63) is 34.6 Å². The van der Waals surface area contributed by atoms with Crippen LogP contribution in [0, 0.1) is 11.7 Å². The molecule has 0 bridgehead atoms. The molecule has 1 fully saturated rings. The molecule has 0 spiro atoms. The summed E-state index contributed by atoms with van der Waals surface area (Å²) in [7, 11) is 0. The van der Waals surface area contributed by atoms with Crippen LogP contribution in [-0.4, -0.2) is 13.1 Å².